The maximum Gasteiger partial charge on any atom is 0.297 e. The summed E-state index contributed by atoms with van der Waals surface area (Å²) < 4.78 is 21.8. The molecule has 0 aliphatic carbocycles. The smallest absolute Gasteiger partial charge is 0.297 e. The molecule has 8 rings (SSSR count). The highest BCUT2D eigenvalue weighted by Crippen LogP contribution is 2.55. The molecule has 2 aliphatic heterocycles. The zero-order valence-corrected chi connectivity index (χ0v) is 27.9. The average Bonchev–Trinajstić information content (AvgIpc) is 3.71. The molecule has 238 valence electrons. The van der Waals surface area contributed by atoms with Gasteiger partial charge in [0.15, 0.2) is 15.3 Å². The molecular weight excluding hydrogens is 671 g/mol. The van der Waals surface area contributed by atoms with Crippen molar-refractivity contribution >= 4 is 68.3 Å². The molecule has 2 aliphatic rings. The van der Waals surface area contributed by atoms with Crippen LogP contribution in [0.15, 0.2) is 98.5 Å². The van der Waals surface area contributed by atoms with Gasteiger partial charge in [-0.3, -0.25) is 19.3 Å². The van der Waals surface area contributed by atoms with Crippen LogP contribution < -0.4 is 15.2 Å². The van der Waals surface area contributed by atoms with E-state index in [0.717, 1.165) is 28.0 Å². The average molecular weight is 695 g/mol. The highest BCUT2D eigenvalue weighted by Gasteiger charge is 2.66. The molecule has 1 atom stereocenters. The summed E-state index contributed by atoms with van der Waals surface area (Å²) in [5.41, 5.74) is 1.48. The molecule has 4 heterocycles. The first kappa shape index (κ1) is 30.5. The molecule has 0 bridgehead atoms. The van der Waals surface area contributed by atoms with Gasteiger partial charge in [0.05, 0.1) is 23.2 Å². The van der Waals surface area contributed by atoms with Crippen LogP contribution in [0.1, 0.15) is 43.9 Å². The molecule has 4 aromatic carbocycles. The van der Waals surface area contributed by atoms with Crippen LogP contribution in [0.4, 0.5) is 15.2 Å². The Balaban J connectivity index is 1.33. The molecule has 12 heteroatoms. The second kappa shape index (κ2) is 11.4. The van der Waals surface area contributed by atoms with Crippen LogP contribution in [0.25, 0.3) is 11.0 Å². The predicted molar refractivity (Wildman–Crippen MR) is 185 cm³/mol. The van der Waals surface area contributed by atoms with Gasteiger partial charge in [0.1, 0.15) is 11.4 Å². The Labute approximate surface area is 286 Å². The lowest BCUT2D eigenvalue weighted by molar-refractivity contribution is -0.121. The van der Waals surface area contributed by atoms with Gasteiger partial charge in [-0.05, 0) is 66.9 Å². The number of carbonyl (C=O) groups excluding carboxylic acids is 2. The number of aromatic nitrogens is 2. The van der Waals surface area contributed by atoms with E-state index in [2.05, 4.69) is 10.2 Å². The summed E-state index contributed by atoms with van der Waals surface area (Å²) >= 11 is 8.70. The van der Waals surface area contributed by atoms with Crippen LogP contribution in [0.3, 0.4) is 0 Å². The Morgan fingerprint density at radius 1 is 0.938 bits per heavy atom. The predicted octanol–water partition coefficient (Wildman–Crippen LogP) is 7.80. The molecule has 8 nitrogen and oxygen atoms in total. The summed E-state index contributed by atoms with van der Waals surface area (Å²) in [6, 6.07) is 24.0. The minimum absolute atomic E-state index is 0.0972. The zero-order valence-electron chi connectivity index (χ0n) is 25.5. The summed E-state index contributed by atoms with van der Waals surface area (Å²) in [6.45, 7) is 3.64. The monoisotopic (exact) mass is 694 g/mol. The van der Waals surface area contributed by atoms with E-state index in [1.165, 1.54) is 27.6 Å². The second-order valence-electron chi connectivity index (χ2n) is 11.7. The van der Waals surface area contributed by atoms with E-state index in [4.69, 9.17) is 16.0 Å². The van der Waals surface area contributed by atoms with Crippen LogP contribution in [0, 0.1) is 19.7 Å². The van der Waals surface area contributed by atoms with Crippen LogP contribution in [-0.4, -0.2) is 22.0 Å². The first-order chi connectivity index (χ1) is 23.2. The summed E-state index contributed by atoms with van der Waals surface area (Å²) in [7, 11) is 0. The minimum atomic E-state index is -1.98. The van der Waals surface area contributed by atoms with Gasteiger partial charge < -0.3 is 9.32 Å². The minimum Gasteiger partial charge on any atom is -0.450 e. The van der Waals surface area contributed by atoms with Crippen molar-refractivity contribution in [3.8, 4) is 0 Å². The maximum absolute atomic E-state index is 15.1. The van der Waals surface area contributed by atoms with Crippen molar-refractivity contribution in [2.45, 2.75) is 36.0 Å². The third-order valence-electron chi connectivity index (χ3n) is 8.87. The second-order valence-corrected chi connectivity index (χ2v) is 14.3. The molecule has 0 fully saturated rings. The molecule has 1 unspecified atom stereocenters. The molecule has 0 saturated carbocycles. The number of benzene rings is 4. The van der Waals surface area contributed by atoms with Gasteiger partial charge in [0, 0.05) is 21.9 Å². The van der Waals surface area contributed by atoms with Gasteiger partial charge in [0.25, 0.3) is 11.8 Å². The first-order valence-electron chi connectivity index (χ1n) is 15.0. The summed E-state index contributed by atoms with van der Waals surface area (Å²) in [5, 5.41) is 9.72. The Morgan fingerprint density at radius 2 is 1.71 bits per heavy atom. The number of fused-ring (bicyclic) bond motifs is 5. The van der Waals surface area contributed by atoms with Crippen LogP contribution in [-0.2, 0) is 22.6 Å². The van der Waals surface area contributed by atoms with Gasteiger partial charge in [-0.2, -0.15) is 0 Å². The molecule has 1 spiro atoms. The number of carbonyl (C=O) groups is 2. The Bertz CT molecular complexity index is 2390. The number of amides is 2. The van der Waals surface area contributed by atoms with Crippen LogP contribution in [0.2, 0.25) is 5.02 Å². The van der Waals surface area contributed by atoms with Crippen molar-refractivity contribution in [3.05, 3.63) is 145 Å². The fraction of sp³-hybridized carbons (Fsp3) is 0.139. The number of hydrogen-bond acceptors (Lipinski definition) is 8. The molecule has 48 heavy (non-hydrogen) atoms. The zero-order chi connectivity index (χ0) is 33.3. The largest absolute Gasteiger partial charge is 0.450 e. The van der Waals surface area contributed by atoms with Crippen molar-refractivity contribution < 1.29 is 18.4 Å². The van der Waals surface area contributed by atoms with E-state index < -0.39 is 28.6 Å². The van der Waals surface area contributed by atoms with Gasteiger partial charge in [-0.25, -0.2) is 4.39 Å². The fourth-order valence-corrected chi connectivity index (χ4v) is 8.54. The lowest BCUT2D eigenvalue weighted by Crippen LogP contribution is -2.53. The van der Waals surface area contributed by atoms with Crippen molar-refractivity contribution in [3.63, 3.8) is 0 Å². The van der Waals surface area contributed by atoms with E-state index in [0.29, 0.717) is 26.4 Å². The number of thioether (sulfide) groups is 1. The lowest BCUT2D eigenvalue weighted by Gasteiger charge is -2.32. The number of anilines is 2. The van der Waals surface area contributed by atoms with Crippen molar-refractivity contribution in [1.29, 1.82) is 0 Å². The van der Waals surface area contributed by atoms with E-state index in [1.54, 1.807) is 60.7 Å². The summed E-state index contributed by atoms with van der Waals surface area (Å²) in [6.07, 6.45) is 0. The van der Waals surface area contributed by atoms with Crippen molar-refractivity contribution in [2.24, 2.45) is 0 Å². The molecule has 0 radical (unpaired) electrons. The number of para-hydroxylation sites is 1. The van der Waals surface area contributed by atoms with Gasteiger partial charge in [-0.15, -0.1) is 10.2 Å². The Kier molecular flexibility index (Phi) is 7.24. The van der Waals surface area contributed by atoms with Gasteiger partial charge in [0.2, 0.25) is 10.9 Å². The van der Waals surface area contributed by atoms with E-state index in [-0.39, 0.29) is 39.5 Å². The number of hydrogen-bond donors (Lipinski definition) is 0. The van der Waals surface area contributed by atoms with Crippen LogP contribution in [0.5, 0.6) is 0 Å². The van der Waals surface area contributed by atoms with Gasteiger partial charge in [-0.1, -0.05) is 83.2 Å². The SMILES string of the molecule is Cc1cc2oc3c(c(=O)c2cc1C)C1(C(=O)N(Cc2ccccc2F)c2ccccc21)N(c1nnc(SCc2cccc(Cl)c2)s1)C3=O. The molecule has 2 amide bonds. The highest BCUT2D eigenvalue weighted by molar-refractivity contribution is 8.00. The molecule has 2 aromatic heterocycles. The molecule has 0 N–H and O–H groups in total. The van der Waals surface area contributed by atoms with Crippen molar-refractivity contribution in [2.75, 3.05) is 9.80 Å². The van der Waals surface area contributed by atoms with E-state index in [9.17, 15) is 14.0 Å². The Hall–Kier alpha value is -4.84. The fourth-order valence-electron chi connectivity index (χ4n) is 6.50. The standard InChI is InChI=1S/C36H24ClFN4O4S2/c1-19-14-24-28(15-20(19)2)46-31-29(30(24)43)36(25-11-4-6-13-27(25)41(33(36)45)17-22-9-3-5-12-26(22)38)42(32(31)44)34-39-40-35(48-34)47-18-21-8-7-10-23(37)16-21/h3-16H,17-18H2,1-2H3. The molecular formula is C36H24ClFN4O4S2. The summed E-state index contributed by atoms with van der Waals surface area (Å²) in [5.74, 6) is -1.48. The topological polar surface area (TPSA) is 96.6 Å². The maximum atomic E-state index is 15.1. The van der Waals surface area contributed by atoms with E-state index >= 15 is 4.79 Å². The van der Waals surface area contributed by atoms with Gasteiger partial charge >= 0.3 is 0 Å². The lowest BCUT2D eigenvalue weighted by atomic mass is 9.84. The quantitative estimate of drug-likeness (QED) is 0.130. The number of nitrogens with zero attached hydrogens (tertiary/aromatic N) is 4. The third kappa shape index (κ3) is 4.52. The summed E-state index contributed by atoms with van der Waals surface area (Å²) in [4.78, 5) is 47.0. The number of rotatable bonds is 6. The first-order valence-corrected chi connectivity index (χ1v) is 17.1. The van der Waals surface area contributed by atoms with Crippen LogP contribution >= 0.6 is 34.7 Å². The molecule has 6 aromatic rings. The Morgan fingerprint density at radius 3 is 2.52 bits per heavy atom. The normalized spacial score (nSPS) is 16.8. The molecule has 0 saturated heterocycles. The highest BCUT2D eigenvalue weighted by atomic mass is 35.5. The number of halogens is 2. The van der Waals surface area contributed by atoms with E-state index in [1.807, 2.05) is 32.0 Å². The van der Waals surface area contributed by atoms with Crippen molar-refractivity contribution in [1.82, 2.24) is 10.2 Å². The number of aryl methyl sites for hydroxylation is 2. The third-order valence-corrected chi connectivity index (χ3v) is 11.2.